The summed E-state index contributed by atoms with van der Waals surface area (Å²) in [5.74, 6) is -1.73. The highest BCUT2D eigenvalue weighted by Crippen LogP contribution is 2.30. The maximum atomic E-state index is 11.3. The van der Waals surface area contributed by atoms with Crippen LogP contribution in [0.15, 0.2) is 23.1 Å². The van der Waals surface area contributed by atoms with Gasteiger partial charge < -0.3 is 5.32 Å². The topological polar surface area (TPSA) is 80.3 Å². The van der Waals surface area contributed by atoms with Crippen LogP contribution in [0.1, 0.15) is 10.4 Å². The first-order chi connectivity index (χ1) is 6.91. The Labute approximate surface area is 89.5 Å². The van der Waals surface area contributed by atoms with Crippen LogP contribution in [0.25, 0.3) is 0 Å². The van der Waals surface area contributed by atoms with E-state index in [1.54, 1.807) is 0 Å². The van der Waals surface area contributed by atoms with Crippen molar-refractivity contribution in [3.8, 4) is 0 Å². The lowest BCUT2D eigenvalue weighted by Gasteiger charge is -2.01. The summed E-state index contributed by atoms with van der Waals surface area (Å²) in [6.45, 7) is 0. The van der Waals surface area contributed by atoms with Crippen LogP contribution in [0.4, 0.5) is 5.69 Å². The number of carbonyl (C=O) groups is 2. The Hall–Kier alpha value is -1.40. The molecule has 0 bridgehead atoms. The first-order valence-electron chi connectivity index (χ1n) is 3.84. The zero-order valence-electron chi connectivity index (χ0n) is 7.15. The van der Waals surface area contributed by atoms with Gasteiger partial charge in [0.15, 0.2) is 0 Å². The van der Waals surface area contributed by atoms with Crippen LogP contribution in [-0.4, -0.2) is 20.1 Å². The van der Waals surface area contributed by atoms with Gasteiger partial charge in [-0.15, -0.1) is 0 Å². The van der Waals surface area contributed by atoms with Crippen LogP contribution in [0.5, 0.6) is 0 Å². The van der Waals surface area contributed by atoms with Crippen molar-refractivity contribution in [2.24, 2.45) is 0 Å². The lowest BCUT2D eigenvalue weighted by Crippen LogP contribution is -2.13. The number of amides is 1. The Morgan fingerprint density at radius 2 is 1.87 bits per heavy atom. The molecule has 0 radical (unpaired) electrons. The first-order valence-corrected chi connectivity index (χ1v) is 6.15. The average Bonchev–Trinajstić information content (AvgIpc) is 2.41. The third-order valence-corrected chi connectivity index (χ3v) is 3.33. The van der Waals surface area contributed by atoms with E-state index in [9.17, 15) is 18.0 Å². The minimum Gasteiger partial charge on any atom is -0.318 e. The summed E-state index contributed by atoms with van der Waals surface area (Å²) in [5, 5.41) is 2.25. The average molecular weight is 246 g/mol. The van der Waals surface area contributed by atoms with E-state index in [1.807, 2.05) is 0 Å². The molecule has 78 valence electrons. The molecule has 1 aliphatic rings. The summed E-state index contributed by atoms with van der Waals surface area (Å²) in [4.78, 5) is 22.0. The van der Waals surface area contributed by atoms with Crippen molar-refractivity contribution in [3.05, 3.63) is 23.8 Å². The molecule has 1 aliphatic heterocycles. The SMILES string of the molecule is O=C1Nc2cccc(S(=O)(=O)Cl)c2C1=O. The maximum Gasteiger partial charge on any atom is 0.296 e. The Balaban J connectivity index is 2.79. The zero-order valence-corrected chi connectivity index (χ0v) is 8.72. The molecule has 1 heterocycles. The number of halogens is 1. The standard InChI is InChI=1S/C8H4ClNO4S/c9-15(13,14)5-3-1-2-4-6(5)7(11)8(12)10-4/h1-3H,(H,10,11,12). The van der Waals surface area contributed by atoms with Gasteiger partial charge in [0.05, 0.1) is 16.1 Å². The fourth-order valence-corrected chi connectivity index (χ4v) is 2.44. The number of anilines is 1. The van der Waals surface area contributed by atoms with Crippen LogP contribution >= 0.6 is 10.7 Å². The normalized spacial score (nSPS) is 15.0. The van der Waals surface area contributed by atoms with E-state index in [4.69, 9.17) is 10.7 Å². The molecule has 0 spiro atoms. The largest absolute Gasteiger partial charge is 0.318 e. The van der Waals surface area contributed by atoms with Crippen molar-refractivity contribution >= 4 is 37.1 Å². The third kappa shape index (κ3) is 1.51. The second-order valence-corrected chi connectivity index (χ2v) is 5.43. The van der Waals surface area contributed by atoms with Gasteiger partial charge in [0.25, 0.3) is 20.7 Å². The number of nitrogens with one attached hydrogen (secondary N) is 1. The molecular formula is C8H4ClNO4S. The summed E-state index contributed by atoms with van der Waals surface area (Å²) in [5.41, 5.74) is -0.00998. The second-order valence-electron chi connectivity index (χ2n) is 2.90. The monoisotopic (exact) mass is 245 g/mol. The fourth-order valence-electron chi connectivity index (χ4n) is 1.37. The molecular weight excluding hydrogens is 242 g/mol. The van der Waals surface area contributed by atoms with Crippen LogP contribution in [-0.2, 0) is 13.8 Å². The summed E-state index contributed by atoms with van der Waals surface area (Å²) >= 11 is 0. The Morgan fingerprint density at radius 3 is 2.47 bits per heavy atom. The van der Waals surface area contributed by atoms with Crippen molar-refractivity contribution < 1.29 is 18.0 Å². The van der Waals surface area contributed by atoms with Gasteiger partial charge in [0, 0.05) is 10.7 Å². The highest BCUT2D eigenvalue weighted by Gasteiger charge is 2.33. The highest BCUT2D eigenvalue weighted by molar-refractivity contribution is 8.13. The molecule has 1 aromatic rings. The fraction of sp³-hybridized carbons (Fsp3) is 0. The molecule has 1 amide bonds. The third-order valence-electron chi connectivity index (χ3n) is 1.97. The Bertz CT molecular complexity index is 578. The minimum atomic E-state index is -4.03. The number of benzene rings is 1. The highest BCUT2D eigenvalue weighted by atomic mass is 35.7. The Kier molecular flexibility index (Phi) is 2.06. The lowest BCUT2D eigenvalue weighted by atomic mass is 10.1. The van der Waals surface area contributed by atoms with Gasteiger partial charge >= 0.3 is 0 Å². The maximum absolute atomic E-state index is 11.3. The summed E-state index contributed by atoms with van der Waals surface area (Å²) in [7, 11) is 1.11. The van der Waals surface area contributed by atoms with Crippen molar-refractivity contribution in [2.45, 2.75) is 4.90 Å². The molecule has 15 heavy (non-hydrogen) atoms. The van der Waals surface area contributed by atoms with E-state index in [0.717, 1.165) is 0 Å². The van der Waals surface area contributed by atoms with Crippen molar-refractivity contribution in [1.29, 1.82) is 0 Å². The number of fused-ring (bicyclic) bond motifs is 1. The molecule has 5 nitrogen and oxygen atoms in total. The van der Waals surface area contributed by atoms with Crippen LogP contribution in [0, 0.1) is 0 Å². The van der Waals surface area contributed by atoms with E-state index in [-0.39, 0.29) is 16.1 Å². The number of hydrogen-bond acceptors (Lipinski definition) is 4. The number of carbonyl (C=O) groups excluding carboxylic acids is 2. The first kappa shape index (κ1) is 10.1. The summed E-state index contributed by atoms with van der Waals surface area (Å²) in [6.07, 6.45) is 0. The van der Waals surface area contributed by atoms with E-state index >= 15 is 0 Å². The number of ketones is 1. The molecule has 0 atom stereocenters. The van der Waals surface area contributed by atoms with Gasteiger partial charge in [-0.1, -0.05) is 6.07 Å². The molecule has 0 fully saturated rings. The molecule has 0 aliphatic carbocycles. The van der Waals surface area contributed by atoms with Gasteiger partial charge in [0.2, 0.25) is 0 Å². The smallest absolute Gasteiger partial charge is 0.296 e. The molecule has 1 aromatic carbocycles. The lowest BCUT2D eigenvalue weighted by molar-refractivity contribution is -0.112. The van der Waals surface area contributed by atoms with Crippen LogP contribution < -0.4 is 5.32 Å². The molecule has 0 aromatic heterocycles. The van der Waals surface area contributed by atoms with Gasteiger partial charge in [0.1, 0.15) is 0 Å². The Morgan fingerprint density at radius 1 is 1.20 bits per heavy atom. The van der Waals surface area contributed by atoms with E-state index in [2.05, 4.69) is 5.32 Å². The quantitative estimate of drug-likeness (QED) is 0.585. The molecule has 2 rings (SSSR count). The van der Waals surface area contributed by atoms with Crippen LogP contribution in [0.2, 0.25) is 0 Å². The molecule has 7 heteroatoms. The predicted octanol–water partition coefficient (Wildman–Crippen LogP) is 0.749. The van der Waals surface area contributed by atoms with E-state index < -0.39 is 20.7 Å². The molecule has 0 saturated heterocycles. The molecule has 0 unspecified atom stereocenters. The number of rotatable bonds is 1. The minimum absolute atomic E-state index is 0.173. The zero-order chi connectivity index (χ0) is 11.2. The van der Waals surface area contributed by atoms with E-state index in [0.29, 0.717) is 0 Å². The summed E-state index contributed by atoms with van der Waals surface area (Å²) in [6, 6.07) is 4.01. The van der Waals surface area contributed by atoms with E-state index in [1.165, 1.54) is 18.2 Å². The number of hydrogen-bond donors (Lipinski definition) is 1. The molecule has 0 saturated carbocycles. The number of Topliss-reactive ketones (excluding diaryl/α,β-unsaturated/α-hetero) is 1. The second kappa shape index (κ2) is 3.04. The summed E-state index contributed by atoms with van der Waals surface area (Å²) < 4.78 is 22.2. The van der Waals surface area contributed by atoms with Crippen molar-refractivity contribution in [1.82, 2.24) is 0 Å². The van der Waals surface area contributed by atoms with Gasteiger partial charge in [-0.2, -0.15) is 0 Å². The molecule has 1 N–H and O–H groups in total. The predicted molar refractivity (Wildman–Crippen MR) is 52.4 cm³/mol. The van der Waals surface area contributed by atoms with Crippen molar-refractivity contribution in [2.75, 3.05) is 5.32 Å². The van der Waals surface area contributed by atoms with Gasteiger partial charge in [-0.3, -0.25) is 9.59 Å². The van der Waals surface area contributed by atoms with Crippen LogP contribution in [0.3, 0.4) is 0 Å². The van der Waals surface area contributed by atoms with Gasteiger partial charge in [-0.05, 0) is 12.1 Å². The van der Waals surface area contributed by atoms with Gasteiger partial charge in [-0.25, -0.2) is 8.42 Å². The van der Waals surface area contributed by atoms with Crippen molar-refractivity contribution in [3.63, 3.8) is 0 Å².